The highest BCUT2D eigenvalue weighted by atomic mass is 32.2. The Morgan fingerprint density at radius 3 is 2.35 bits per heavy atom. The van der Waals surface area contributed by atoms with Crippen molar-refractivity contribution >= 4 is 43.1 Å². The Labute approximate surface area is 149 Å². The summed E-state index contributed by atoms with van der Waals surface area (Å²) in [6.45, 7) is 3.81. The Hall–Kier alpha value is -1.22. The highest BCUT2D eigenvalue weighted by Gasteiger charge is 2.29. The van der Waals surface area contributed by atoms with E-state index in [4.69, 9.17) is 5.90 Å². The van der Waals surface area contributed by atoms with Crippen LogP contribution in [0.15, 0.2) is 30.3 Å². The van der Waals surface area contributed by atoms with Gasteiger partial charge in [-0.1, -0.05) is 18.2 Å². The summed E-state index contributed by atoms with van der Waals surface area (Å²) >= 11 is 1.10. The topological polar surface area (TPSA) is 75.9 Å². The zero-order valence-corrected chi connectivity index (χ0v) is 15.5. The largest absolute Gasteiger partial charge is 0.333 e. The standard InChI is InChI=1S/C8H13NO2.C7H10N2OS.H2S/c1-6(10)8-4-3-5-9(8)7(2)11;1-9(11-10-8)7-5-3-2-4-6-7;/h8H,3-5H2,1-2H3;2-6H,8H2,1H3;1H2. The number of benzene rings is 1. The summed E-state index contributed by atoms with van der Waals surface area (Å²) in [6, 6.07) is 9.71. The van der Waals surface area contributed by atoms with Crippen molar-refractivity contribution in [2.45, 2.75) is 32.7 Å². The quantitative estimate of drug-likeness (QED) is 0.505. The van der Waals surface area contributed by atoms with Gasteiger partial charge in [-0.25, -0.2) is 10.2 Å². The second-order valence-electron chi connectivity index (χ2n) is 4.98. The molecule has 1 saturated heterocycles. The predicted molar refractivity (Wildman–Crippen MR) is 99.2 cm³/mol. The van der Waals surface area contributed by atoms with Crippen molar-refractivity contribution in [1.29, 1.82) is 0 Å². The molecule has 0 bridgehead atoms. The minimum absolute atomic E-state index is 0. The minimum atomic E-state index is -0.132. The third kappa shape index (κ3) is 7.26. The maximum atomic E-state index is 11.0. The molecule has 1 heterocycles. The van der Waals surface area contributed by atoms with E-state index in [1.807, 2.05) is 41.7 Å². The number of amides is 1. The van der Waals surface area contributed by atoms with Crippen LogP contribution >= 0.6 is 25.7 Å². The molecule has 0 radical (unpaired) electrons. The van der Waals surface area contributed by atoms with Crippen LogP contribution in [0.25, 0.3) is 0 Å². The van der Waals surface area contributed by atoms with E-state index in [0.29, 0.717) is 0 Å². The average Bonchev–Trinajstić information content (AvgIpc) is 2.99. The van der Waals surface area contributed by atoms with Crippen molar-refractivity contribution < 1.29 is 13.9 Å². The normalized spacial score (nSPS) is 16.0. The molecule has 0 aliphatic carbocycles. The van der Waals surface area contributed by atoms with Crippen LogP contribution in [-0.4, -0.2) is 36.2 Å². The van der Waals surface area contributed by atoms with Gasteiger partial charge in [-0.3, -0.25) is 13.9 Å². The lowest BCUT2D eigenvalue weighted by Crippen LogP contribution is -2.37. The molecular weight excluding hydrogens is 334 g/mol. The van der Waals surface area contributed by atoms with Gasteiger partial charge < -0.3 is 4.90 Å². The van der Waals surface area contributed by atoms with Gasteiger partial charge in [0, 0.05) is 26.2 Å². The predicted octanol–water partition coefficient (Wildman–Crippen LogP) is 2.28. The van der Waals surface area contributed by atoms with Gasteiger partial charge in [-0.2, -0.15) is 13.5 Å². The van der Waals surface area contributed by atoms with Crippen molar-refractivity contribution in [2.24, 2.45) is 5.90 Å². The highest BCUT2D eigenvalue weighted by Crippen LogP contribution is 2.18. The summed E-state index contributed by atoms with van der Waals surface area (Å²) in [4.78, 5) is 23.6. The molecule has 1 aliphatic heterocycles. The molecule has 0 aromatic heterocycles. The molecule has 1 aliphatic rings. The molecule has 2 rings (SSSR count). The van der Waals surface area contributed by atoms with Crippen molar-refractivity contribution in [3.63, 3.8) is 0 Å². The number of rotatable bonds is 4. The summed E-state index contributed by atoms with van der Waals surface area (Å²) in [7, 11) is 1.88. The van der Waals surface area contributed by atoms with Crippen LogP contribution in [0.3, 0.4) is 0 Å². The van der Waals surface area contributed by atoms with Crippen LogP contribution in [0.5, 0.6) is 0 Å². The molecule has 6 nitrogen and oxygen atoms in total. The average molecular weight is 360 g/mol. The van der Waals surface area contributed by atoms with Crippen LogP contribution in [0, 0.1) is 0 Å². The molecule has 1 unspecified atom stereocenters. The van der Waals surface area contributed by atoms with E-state index in [2.05, 4.69) is 4.28 Å². The maximum absolute atomic E-state index is 11.0. The van der Waals surface area contributed by atoms with Gasteiger partial charge >= 0.3 is 0 Å². The fourth-order valence-corrected chi connectivity index (χ4v) is 2.65. The van der Waals surface area contributed by atoms with Crippen molar-refractivity contribution in [1.82, 2.24) is 4.90 Å². The van der Waals surface area contributed by atoms with E-state index < -0.39 is 0 Å². The van der Waals surface area contributed by atoms with E-state index in [9.17, 15) is 9.59 Å². The van der Waals surface area contributed by atoms with Crippen molar-refractivity contribution in [2.75, 3.05) is 17.9 Å². The summed E-state index contributed by atoms with van der Waals surface area (Å²) in [6.07, 6.45) is 1.80. The molecule has 0 saturated carbocycles. The van der Waals surface area contributed by atoms with Crippen LogP contribution < -0.4 is 10.2 Å². The van der Waals surface area contributed by atoms with Crippen molar-refractivity contribution in [3.8, 4) is 0 Å². The first kappa shape index (κ1) is 21.8. The second-order valence-corrected chi connectivity index (χ2v) is 5.87. The SMILES string of the molecule is CC(=O)C1CCCN1C(C)=O.CN(SON)c1ccccc1.S. The lowest BCUT2D eigenvalue weighted by atomic mass is 10.1. The second kappa shape index (κ2) is 11.3. The number of Topliss-reactive ketones (excluding diaryl/α,β-unsaturated/α-hetero) is 1. The first-order valence-electron chi connectivity index (χ1n) is 7.07. The Morgan fingerprint density at radius 1 is 1.30 bits per heavy atom. The van der Waals surface area contributed by atoms with Gasteiger partial charge in [0.1, 0.15) is 12.2 Å². The number of hydrogen-bond acceptors (Lipinski definition) is 6. The van der Waals surface area contributed by atoms with Crippen LogP contribution in [0.2, 0.25) is 0 Å². The number of hydrogen-bond donors (Lipinski definition) is 1. The fraction of sp³-hybridized carbons (Fsp3) is 0.467. The van der Waals surface area contributed by atoms with E-state index in [0.717, 1.165) is 37.3 Å². The Bertz CT molecular complexity index is 468. The molecule has 1 amide bonds. The lowest BCUT2D eigenvalue weighted by Gasteiger charge is -2.20. The first-order valence-corrected chi connectivity index (χ1v) is 7.77. The third-order valence-electron chi connectivity index (χ3n) is 3.40. The van der Waals surface area contributed by atoms with Gasteiger partial charge in [-0.05, 0) is 31.9 Å². The van der Waals surface area contributed by atoms with E-state index in [1.165, 1.54) is 6.92 Å². The van der Waals surface area contributed by atoms with Crippen LogP contribution in [0.4, 0.5) is 5.69 Å². The highest BCUT2D eigenvalue weighted by molar-refractivity contribution is 7.96. The smallest absolute Gasteiger partial charge is 0.220 e. The van der Waals surface area contributed by atoms with Gasteiger partial charge in [0.05, 0.1) is 6.04 Å². The van der Waals surface area contributed by atoms with Crippen LogP contribution in [-0.2, 0) is 13.9 Å². The molecule has 1 aromatic carbocycles. The number of carbonyl (C=O) groups excluding carboxylic acids is 2. The van der Waals surface area contributed by atoms with Gasteiger partial charge in [0.2, 0.25) is 5.91 Å². The van der Waals surface area contributed by atoms with Gasteiger partial charge in [0.15, 0.2) is 5.78 Å². The maximum Gasteiger partial charge on any atom is 0.220 e. The van der Waals surface area contributed by atoms with Crippen molar-refractivity contribution in [3.05, 3.63) is 30.3 Å². The number of nitrogens with zero attached hydrogens (tertiary/aromatic N) is 2. The van der Waals surface area contributed by atoms with E-state index in [1.54, 1.807) is 11.8 Å². The summed E-state index contributed by atoms with van der Waals surface area (Å²) < 4.78 is 6.23. The number of nitrogens with two attached hydrogens (primary N) is 1. The molecule has 1 atom stereocenters. The molecule has 23 heavy (non-hydrogen) atoms. The third-order valence-corrected chi connectivity index (χ3v) is 3.92. The zero-order valence-electron chi connectivity index (χ0n) is 13.7. The van der Waals surface area contributed by atoms with Crippen LogP contribution in [0.1, 0.15) is 26.7 Å². The fourth-order valence-electron chi connectivity index (χ4n) is 2.31. The number of likely N-dealkylation sites (tertiary alicyclic amines) is 1. The lowest BCUT2D eigenvalue weighted by molar-refractivity contribution is -0.135. The summed E-state index contributed by atoms with van der Waals surface area (Å²) in [5.74, 6) is 5.01. The number of carbonyl (C=O) groups is 2. The molecule has 0 spiro atoms. The molecule has 1 fully saturated rings. The van der Waals surface area contributed by atoms with E-state index in [-0.39, 0.29) is 31.2 Å². The summed E-state index contributed by atoms with van der Waals surface area (Å²) in [5.41, 5.74) is 1.06. The first-order chi connectivity index (χ1) is 10.5. The van der Waals surface area contributed by atoms with Gasteiger partial charge in [0.25, 0.3) is 0 Å². The molecule has 2 N–H and O–H groups in total. The molecule has 1 aromatic rings. The van der Waals surface area contributed by atoms with E-state index >= 15 is 0 Å². The van der Waals surface area contributed by atoms with Gasteiger partial charge in [-0.15, -0.1) is 0 Å². The molecule has 8 heteroatoms. The Balaban J connectivity index is 0.000000403. The molecule has 130 valence electrons. The Kier molecular flexibility index (Phi) is 10.7. The Morgan fingerprint density at radius 2 is 1.91 bits per heavy atom. The number of ketones is 1. The number of anilines is 1. The molecular formula is C15H25N3O3S2. The number of para-hydroxylation sites is 1. The monoisotopic (exact) mass is 359 g/mol. The minimum Gasteiger partial charge on any atom is -0.333 e. The summed E-state index contributed by atoms with van der Waals surface area (Å²) in [5, 5.41) is 0. The zero-order chi connectivity index (χ0) is 16.5.